The number of aryl methyl sites for hydroxylation is 1. The first-order chi connectivity index (χ1) is 11.8. The van der Waals surface area contributed by atoms with Crippen molar-refractivity contribution >= 4 is 0 Å². The molecule has 4 fully saturated rings. The summed E-state index contributed by atoms with van der Waals surface area (Å²) in [5, 5.41) is 3.85. The fraction of sp³-hybridized carbons (Fsp3) is 0.739. The second kappa shape index (κ2) is 6.16. The molecule has 0 spiro atoms. The molecule has 1 N–H and O–H groups in total. The van der Waals surface area contributed by atoms with Crippen LogP contribution in [0.5, 0.6) is 0 Å². The number of nitrogens with one attached hydrogen (secondary N) is 1. The molecule has 1 atom stereocenters. The zero-order chi connectivity index (χ0) is 16.1. The van der Waals surface area contributed by atoms with E-state index in [4.69, 9.17) is 0 Å². The van der Waals surface area contributed by atoms with Gasteiger partial charge in [-0.25, -0.2) is 0 Å². The third-order valence-electron chi connectivity index (χ3n) is 7.95. The molecule has 130 valence electrons. The molecule has 24 heavy (non-hydrogen) atoms. The van der Waals surface area contributed by atoms with Gasteiger partial charge < -0.3 is 5.32 Å². The van der Waals surface area contributed by atoms with Gasteiger partial charge in [-0.3, -0.25) is 0 Å². The van der Waals surface area contributed by atoms with Crippen LogP contribution >= 0.6 is 0 Å². The molecule has 5 aliphatic carbocycles. The summed E-state index contributed by atoms with van der Waals surface area (Å²) in [7, 11) is 0. The van der Waals surface area contributed by atoms with E-state index >= 15 is 0 Å². The van der Waals surface area contributed by atoms with Crippen molar-refractivity contribution in [3.8, 4) is 0 Å². The van der Waals surface area contributed by atoms with E-state index in [1.165, 1.54) is 31.4 Å². The van der Waals surface area contributed by atoms with Crippen LogP contribution in [0.1, 0.15) is 74.5 Å². The van der Waals surface area contributed by atoms with Crippen LogP contribution in [-0.2, 0) is 13.0 Å². The van der Waals surface area contributed by atoms with Crippen molar-refractivity contribution in [3.63, 3.8) is 0 Å². The van der Waals surface area contributed by atoms with Crippen LogP contribution in [0.15, 0.2) is 18.2 Å². The van der Waals surface area contributed by atoms with Gasteiger partial charge in [0, 0.05) is 6.54 Å². The second-order valence-corrected chi connectivity index (χ2v) is 9.55. The number of fused-ring (bicyclic) bond motifs is 1. The fourth-order valence-corrected chi connectivity index (χ4v) is 6.97. The Bertz CT molecular complexity index is 576. The molecule has 4 bridgehead atoms. The van der Waals surface area contributed by atoms with Gasteiger partial charge in [0.2, 0.25) is 0 Å². The van der Waals surface area contributed by atoms with Crippen LogP contribution in [0.4, 0.5) is 0 Å². The highest BCUT2D eigenvalue weighted by molar-refractivity contribution is 5.36. The molecule has 0 aliphatic heterocycles. The third kappa shape index (κ3) is 2.73. The van der Waals surface area contributed by atoms with Gasteiger partial charge in [-0.1, -0.05) is 25.1 Å². The van der Waals surface area contributed by atoms with Crippen molar-refractivity contribution in [2.24, 2.45) is 29.6 Å². The maximum absolute atomic E-state index is 3.85. The third-order valence-corrected chi connectivity index (χ3v) is 7.95. The van der Waals surface area contributed by atoms with Crippen LogP contribution in [-0.4, -0.2) is 6.54 Å². The molecule has 0 radical (unpaired) electrons. The summed E-state index contributed by atoms with van der Waals surface area (Å²) in [6, 6.07) is 7.29. The van der Waals surface area contributed by atoms with Crippen LogP contribution in [0, 0.1) is 29.6 Å². The Morgan fingerprint density at radius 3 is 2.50 bits per heavy atom. The Kier molecular flexibility index (Phi) is 3.96. The second-order valence-electron chi connectivity index (χ2n) is 9.55. The summed E-state index contributed by atoms with van der Waals surface area (Å²) in [4.78, 5) is 0. The lowest BCUT2D eigenvalue weighted by Gasteiger charge is -2.54. The predicted octanol–water partition coefficient (Wildman–Crippen LogP) is 5.29. The van der Waals surface area contributed by atoms with E-state index in [1.807, 2.05) is 0 Å². The largest absolute Gasteiger partial charge is 0.312 e. The molecule has 0 saturated heterocycles. The van der Waals surface area contributed by atoms with Crippen molar-refractivity contribution in [2.45, 2.75) is 70.8 Å². The lowest BCUT2D eigenvalue weighted by atomic mass is 9.52. The Balaban J connectivity index is 1.20. The summed E-state index contributed by atoms with van der Waals surface area (Å²) >= 11 is 0. The predicted molar refractivity (Wildman–Crippen MR) is 100 cm³/mol. The van der Waals surface area contributed by atoms with Crippen molar-refractivity contribution in [1.29, 1.82) is 0 Å². The van der Waals surface area contributed by atoms with E-state index in [-0.39, 0.29) is 0 Å². The normalized spacial score (nSPS) is 39.9. The van der Waals surface area contributed by atoms with E-state index in [1.54, 1.807) is 43.2 Å². The maximum Gasteiger partial charge on any atom is 0.0205 e. The fourth-order valence-electron chi connectivity index (χ4n) is 6.97. The van der Waals surface area contributed by atoms with Gasteiger partial charge in [0.15, 0.2) is 0 Å². The summed E-state index contributed by atoms with van der Waals surface area (Å²) in [5.41, 5.74) is 4.75. The molecule has 5 aliphatic rings. The van der Waals surface area contributed by atoms with Gasteiger partial charge in [0.25, 0.3) is 0 Å². The average molecular weight is 324 g/mol. The zero-order valence-corrected chi connectivity index (χ0v) is 15.3. The topological polar surface area (TPSA) is 12.0 Å². The summed E-state index contributed by atoms with van der Waals surface area (Å²) in [5.74, 6) is 6.06. The highest BCUT2D eigenvalue weighted by Gasteiger charge is 2.47. The molecular weight excluding hydrogens is 290 g/mol. The Hall–Kier alpha value is -0.820. The monoisotopic (exact) mass is 323 g/mol. The molecule has 1 nitrogen and oxygen atoms in total. The lowest BCUT2D eigenvalue weighted by Crippen LogP contribution is -2.48. The Labute approximate surface area is 147 Å². The van der Waals surface area contributed by atoms with Crippen LogP contribution in [0.25, 0.3) is 0 Å². The van der Waals surface area contributed by atoms with E-state index < -0.39 is 0 Å². The molecule has 1 heteroatoms. The minimum Gasteiger partial charge on any atom is -0.312 e. The summed E-state index contributed by atoms with van der Waals surface area (Å²) < 4.78 is 0. The number of rotatable bonds is 4. The molecule has 6 rings (SSSR count). The van der Waals surface area contributed by atoms with Gasteiger partial charge in [-0.2, -0.15) is 0 Å². The Morgan fingerprint density at radius 2 is 1.75 bits per heavy atom. The minimum absolute atomic E-state index is 0.767. The van der Waals surface area contributed by atoms with E-state index in [9.17, 15) is 0 Å². The standard InChI is InChI=1S/C23H33N/c1-15-3-2-4-19-8-16(5-6-22(15)19)13-24-14-23-20-9-17-7-18(11-20)12-21(23)10-17/h5-6,8,15,17-18,20-21,23-24H,2-4,7,9-14H2,1H3. The van der Waals surface area contributed by atoms with Crippen molar-refractivity contribution in [3.05, 3.63) is 34.9 Å². The molecule has 4 saturated carbocycles. The molecule has 0 aromatic heterocycles. The average Bonchev–Trinajstić information content (AvgIpc) is 2.57. The molecule has 1 aromatic rings. The molecular formula is C23H33N. The lowest BCUT2D eigenvalue weighted by molar-refractivity contribution is -0.0355. The zero-order valence-electron chi connectivity index (χ0n) is 15.3. The highest BCUT2D eigenvalue weighted by Crippen LogP contribution is 2.56. The van der Waals surface area contributed by atoms with Crippen LogP contribution in [0.3, 0.4) is 0 Å². The van der Waals surface area contributed by atoms with Crippen molar-refractivity contribution < 1.29 is 0 Å². The van der Waals surface area contributed by atoms with E-state index in [0.717, 1.165) is 42.1 Å². The first-order valence-corrected chi connectivity index (χ1v) is 10.6. The van der Waals surface area contributed by atoms with Crippen molar-refractivity contribution in [2.75, 3.05) is 6.54 Å². The Morgan fingerprint density at radius 1 is 1.00 bits per heavy atom. The molecule has 1 aromatic carbocycles. The maximum atomic E-state index is 3.85. The summed E-state index contributed by atoms with van der Waals surface area (Å²) in [6.45, 7) is 4.73. The number of hydrogen-bond donors (Lipinski definition) is 1. The van der Waals surface area contributed by atoms with Gasteiger partial charge in [-0.15, -0.1) is 0 Å². The number of hydrogen-bond acceptors (Lipinski definition) is 1. The summed E-state index contributed by atoms with van der Waals surface area (Å²) in [6.07, 6.45) is 11.8. The smallest absolute Gasteiger partial charge is 0.0205 e. The minimum atomic E-state index is 0.767. The van der Waals surface area contributed by atoms with Crippen LogP contribution < -0.4 is 5.32 Å². The highest BCUT2D eigenvalue weighted by atomic mass is 14.9. The number of benzene rings is 1. The van der Waals surface area contributed by atoms with Crippen LogP contribution in [0.2, 0.25) is 0 Å². The first-order valence-electron chi connectivity index (χ1n) is 10.6. The van der Waals surface area contributed by atoms with Gasteiger partial charge >= 0.3 is 0 Å². The SMILES string of the molecule is CC1CCCc2cc(CNCC3C4CC5CC(C4)CC3C5)ccc21. The van der Waals surface area contributed by atoms with E-state index in [2.05, 4.69) is 30.4 Å². The molecule has 1 unspecified atom stereocenters. The van der Waals surface area contributed by atoms with E-state index in [0.29, 0.717) is 0 Å². The van der Waals surface area contributed by atoms with Gasteiger partial charge in [-0.05, 0) is 110 Å². The first kappa shape index (κ1) is 15.4. The molecule has 0 amide bonds. The molecule has 0 heterocycles. The van der Waals surface area contributed by atoms with Gasteiger partial charge in [0.05, 0.1) is 0 Å². The van der Waals surface area contributed by atoms with Gasteiger partial charge in [0.1, 0.15) is 0 Å². The van der Waals surface area contributed by atoms with Crippen molar-refractivity contribution in [1.82, 2.24) is 5.32 Å². The quantitative estimate of drug-likeness (QED) is 0.794.